The number of hydrazine groups is 1. The average Bonchev–Trinajstić information content (AvgIpc) is 2.81. The Hall–Kier alpha value is -1.18. The van der Waals surface area contributed by atoms with E-state index >= 15 is 0 Å². The quantitative estimate of drug-likeness (QED) is 0.623. The van der Waals surface area contributed by atoms with Gasteiger partial charge in [-0.05, 0) is 25.7 Å². The zero-order valence-corrected chi connectivity index (χ0v) is 13.4. The Morgan fingerprint density at radius 1 is 1.33 bits per heavy atom. The lowest BCUT2D eigenvalue weighted by atomic mass is 10.1. The number of hydrogen-bond acceptors (Lipinski definition) is 5. The third-order valence-electron chi connectivity index (χ3n) is 3.15. The van der Waals surface area contributed by atoms with E-state index in [9.17, 15) is 0 Å². The molecule has 2 aromatic heterocycles. The molecule has 0 spiro atoms. The second-order valence-electron chi connectivity index (χ2n) is 4.90. The van der Waals surface area contributed by atoms with E-state index in [-0.39, 0.29) is 6.04 Å². The van der Waals surface area contributed by atoms with Gasteiger partial charge in [0.1, 0.15) is 0 Å². The molecule has 1 atom stereocenters. The third-order valence-corrected chi connectivity index (χ3v) is 3.75. The van der Waals surface area contributed by atoms with Crippen LogP contribution in [0.4, 0.5) is 0 Å². The van der Waals surface area contributed by atoms with Crippen LogP contribution < -0.4 is 11.3 Å². The second-order valence-corrected chi connectivity index (χ2v) is 5.72. The first-order valence-corrected chi connectivity index (χ1v) is 7.21. The minimum atomic E-state index is -0.349. The maximum atomic E-state index is 6.28. The number of nitrogens with zero attached hydrogens (tertiary/aromatic N) is 4. The third kappa shape index (κ3) is 3.72. The summed E-state index contributed by atoms with van der Waals surface area (Å²) in [5.74, 6) is 5.72. The van der Waals surface area contributed by atoms with Gasteiger partial charge in [-0.3, -0.25) is 15.5 Å². The summed E-state index contributed by atoms with van der Waals surface area (Å²) in [5, 5.41) is 5.39. The van der Waals surface area contributed by atoms with Crippen LogP contribution in [0.15, 0.2) is 24.7 Å². The number of nitrogens with one attached hydrogen (secondary N) is 1. The van der Waals surface area contributed by atoms with Crippen molar-refractivity contribution in [2.75, 3.05) is 20.6 Å². The first-order valence-electron chi connectivity index (χ1n) is 6.46. The topological polar surface area (TPSA) is 72.0 Å². The van der Waals surface area contributed by atoms with E-state index in [1.165, 1.54) is 0 Å². The molecule has 8 heteroatoms. The van der Waals surface area contributed by atoms with Crippen molar-refractivity contribution >= 4 is 23.2 Å². The molecule has 2 heterocycles. The van der Waals surface area contributed by atoms with Crippen LogP contribution in [-0.2, 0) is 6.54 Å². The SMILES string of the molecule is CN(C)CCn1ncc(Cl)c1C(NN)c1ccncc1Cl. The molecule has 1 unspecified atom stereocenters. The Morgan fingerprint density at radius 2 is 2.10 bits per heavy atom. The fourth-order valence-electron chi connectivity index (χ4n) is 2.07. The van der Waals surface area contributed by atoms with E-state index in [0.717, 1.165) is 17.8 Å². The van der Waals surface area contributed by atoms with Crippen molar-refractivity contribution in [3.05, 3.63) is 46.0 Å². The van der Waals surface area contributed by atoms with Crippen LogP contribution in [0.5, 0.6) is 0 Å². The first-order chi connectivity index (χ1) is 10.0. The summed E-state index contributed by atoms with van der Waals surface area (Å²) in [6.07, 6.45) is 4.86. The van der Waals surface area contributed by atoms with Crippen molar-refractivity contribution in [1.29, 1.82) is 0 Å². The highest BCUT2D eigenvalue weighted by Crippen LogP contribution is 2.31. The van der Waals surface area contributed by atoms with Crippen LogP contribution in [0.1, 0.15) is 17.3 Å². The number of hydrogen-bond donors (Lipinski definition) is 2. The molecule has 3 N–H and O–H groups in total. The first kappa shape index (κ1) is 16.2. The minimum absolute atomic E-state index is 0.349. The molecular weight excluding hydrogens is 311 g/mol. The molecule has 0 aromatic carbocycles. The van der Waals surface area contributed by atoms with Gasteiger partial charge >= 0.3 is 0 Å². The van der Waals surface area contributed by atoms with E-state index in [1.54, 1.807) is 18.6 Å². The van der Waals surface area contributed by atoms with Gasteiger partial charge in [0.2, 0.25) is 0 Å². The number of rotatable bonds is 6. The number of pyridine rings is 1. The lowest BCUT2D eigenvalue weighted by Crippen LogP contribution is -2.32. The van der Waals surface area contributed by atoms with Crippen LogP contribution in [0.25, 0.3) is 0 Å². The largest absolute Gasteiger partial charge is 0.308 e. The summed E-state index contributed by atoms with van der Waals surface area (Å²) in [7, 11) is 4.01. The van der Waals surface area contributed by atoms with Gasteiger partial charge in [0.05, 0.1) is 34.5 Å². The van der Waals surface area contributed by atoms with Crippen molar-refractivity contribution in [2.45, 2.75) is 12.6 Å². The van der Waals surface area contributed by atoms with Crippen molar-refractivity contribution < 1.29 is 0 Å². The van der Waals surface area contributed by atoms with Crippen LogP contribution in [0.3, 0.4) is 0 Å². The van der Waals surface area contributed by atoms with Crippen molar-refractivity contribution in [2.24, 2.45) is 5.84 Å². The lowest BCUT2D eigenvalue weighted by Gasteiger charge is -2.20. The summed E-state index contributed by atoms with van der Waals surface area (Å²) in [5.41, 5.74) is 4.35. The predicted molar refractivity (Wildman–Crippen MR) is 84.2 cm³/mol. The second kappa shape index (κ2) is 7.20. The van der Waals surface area contributed by atoms with Crippen LogP contribution in [0, 0.1) is 0 Å². The van der Waals surface area contributed by atoms with Crippen molar-refractivity contribution in [3.8, 4) is 0 Å². The number of aromatic nitrogens is 3. The highest BCUT2D eigenvalue weighted by molar-refractivity contribution is 6.32. The van der Waals surface area contributed by atoms with Gasteiger partial charge in [0, 0.05) is 18.9 Å². The molecule has 0 bridgehead atoms. The molecule has 0 amide bonds. The van der Waals surface area contributed by atoms with Crippen molar-refractivity contribution in [1.82, 2.24) is 25.1 Å². The molecule has 2 rings (SSSR count). The Bertz CT molecular complexity index is 598. The molecule has 114 valence electrons. The van der Waals surface area contributed by atoms with E-state index in [1.807, 2.05) is 24.8 Å². The number of likely N-dealkylation sites (N-methyl/N-ethyl adjacent to an activating group) is 1. The highest BCUT2D eigenvalue weighted by Gasteiger charge is 2.23. The zero-order chi connectivity index (χ0) is 15.4. The Morgan fingerprint density at radius 3 is 2.71 bits per heavy atom. The monoisotopic (exact) mass is 328 g/mol. The fraction of sp³-hybridized carbons (Fsp3) is 0.385. The molecule has 0 saturated heterocycles. The maximum absolute atomic E-state index is 6.28. The minimum Gasteiger partial charge on any atom is -0.308 e. The van der Waals surface area contributed by atoms with Crippen molar-refractivity contribution in [3.63, 3.8) is 0 Å². The zero-order valence-electron chi connectivity index (χ0n) is 11.9. The molecule has 21 heavy (non-hydrogen) atoms. The predicted octanol–water partition coefficient (Wildman–Crippen LogP) is 1.70. The summed E-state index contributed by atoms with van der Waals surface area (Å²) >= 11 is 12.5. The number of halogens is 2. The molecule has 0 aliphatic carbocycles. The summed E-state index contributed by atoms with van der Waals surface area (Å²) in [6.45, 7) is 1.54. The molecule has 6 nitrogen and oxygen atoms in total. The van der Waals surface area contributed by atoms with E-state index < -0.39 is 0 Å². The fourth-order valence-corrected chi connectivity index (χ4v) is 2.55. The molecule has 0 radical (unpaired) electrons. The van der Waals surface area contributed by atoms with E-state index in [4.69, 9.17) is 29.0 Å². The summed E-state index contributed by atoms with van der Waals surface area (Å²) in [6, 6.07) is 1.46. The van der Waals surface area contributed by atoms with Gasteiger partial charge in [-0.2, -0.15) is 5.10 Å². The van der Waals surface area contributed by atoms with Gasteiger partial charge in [0.25, 0.3) is 0 Å². The van der Waals surface area contributed by atoms with E-state index in [2.05, 4.69) is 20.4 Å². The molecule has 0 fully saturated rings. The van der Waals surface area contributed by atoms with Gasteiger partial charge in [-0.1, -0.05) is 23.2 Å². The van der Waals surface area contributed by atoms with E-state index in [0.29, 0.717) is 16.6 Å². The van der Waals surface area contributed by atoms with Crippen LogP contribution >= 0.6 is 23.2 Å². The van der Waals surface area contributed by atoms with Gasteiger partial charge in [-0.25, -0.2) is 5.43 Å². The normalized spacial score (nSPS) is 12.9. The summed E-state index contributed by atoms with van der Waals surface area (Å²) in [4.78, 5) is 6.06. The molecule has 2 aromatic rings. The Kier molecular flexibility index (Phi) is 5.55. The highest BCUT2D eigenvalue weighted by atomic mass is 35.5. The molecular formula is C13H18Cl2N6. The molecule has 0 aliphatic heterocycles. The lowest BCUT2D eigenvalue weighted by molar-refractivity contribution is 0.365. The van der Waals surface area contributed by atoms with Gasteiger partial charge in [-0.15, -0.1) is 0 Å². The average molecular weight is 329 g/mol. The van der Waals surface area contributed by atoms with Crippen LogP contribution in [0.2, 0.25) is 10.0 Å². The van der Waals surface area contributed by atoms with Crippen LogP contribution in [-0.4, -0.2) is 40.3 Å². The van der Waals surface area contributed by atoms with Gasteiger partial charge in [0.15, 0.2) is 0 Å². The molecule has 0 aliphatic rings. The summed E-state index contributed by atoms with van der Waals surface area (Å²) < 4.78 is 1.84. The standard InChI is InChI=1S/C13H18Cl2N6/c1-20(2)5-6-21-13(11(15)8-18-21)12(19-16)9-3-4-17-7-10(9)14/h3-4,7-8,12,19H,5-6,16H2,1-2H3. The Labute approximate surface area is 133 Å². The maximum Gasteiger partial charge on any atom is 0.0908 e. The Balaban J connectivity index is 2.38. The smallest absolute Gasteiger partial charge is 0.0908 e. The van der Waals surface area contributed by atoms with Gasteiger partial charge < -0.3 is 4.90 Å². The molecule has 0 saturated carbocycles. The number of nitrogens with two attached hydrogens (primary N) is 1.